The maximum atomic E-state index is 11.9. The van der Waals surface area contributed by atoms with Crippen molar-refractivity contribution < 1.29 is 13.2 Å². The minimum atomic E-state index is -3.42. The van der Waals surface area contributed by atoms with E-state index in [1.807, 2.05) is 0 Å². The molecule has 0 radical (unpaired) electrons. The fraction of sp³-hybridized carbons (Fsp3) is 0.364. The van der Waals surface area contributed by atoms with Gasteiger partial charge >= 0.3 is 0 Å². The molecule has 0 unspecified atom stereocenters. The zero-order valence-electron chi connectivity index (χ0n) is 9.52. The van der Waals surface area contributed by atoms with Gasteiger partial charge in [0, 0.05) is 11.7 Å². The highest BCUT2D eigenvalue weighted by Crippen LogP contribution is 2.22. The Morgan fingerprint density at radius 3 is 2.39 bits per heavy atom. The molecule has 1 aromatic rings. The Hall–Kier alpha value is -0.920. The molecule has 1 amide bonds. The molecule has 2 N–H and O–H groups in total. The molecule has 0 atom stereocenters. The van der Waals surface area contributed by atoms with Crippen LogP contribution in [0.1, 0.15) is 12.8 Å². The Labute approximate surface area is 114 Å². The third-order valence-electron chi connectivity index (χ3n) is 2.47. The van der Waals surface area contributed by atoms with Gasteiger partial charge in [-0.05, 0) is 37.1 Å². The van der Waals surface area contributed by atoms with E-state index in [-0.39, 0.29) is 22.2 Å². The van der Waals surface area contributed by atoms with Crippen LogP contribution in [0, 0.1) is 0 Å². The fourth-order valence-corrected chi connectivity index (χ4v) is 2.85. The predicted octanol–water partition coefficient (Wildman–Crippen LogP) is 1.46. The quantitative estimate of drug-likeness (QED) is 0.801. The lowest BCUT2D eigenvalue weighted by Gasteiger charge is -2.07. The van der Waals surface area contributed by atoms with Crippen LogP contribution in [0.2, 0.25) is 0 Å². The van der Waals surface area contributed by atoms with Crippen LogP contribution in [0.4, 0.5) is 5.69 Å². The third kappa shape index (κ3) is 3.54. The van der Waals surface area contributed by atoms with Crippen molar-refractivity contribution in [2.75, 3.05) is 10.6 Å². The predicted molar refractivity (Wildman–Crippen MR) is 72.2 cm³/mol. The fourth-order valence-electron chi connectivity index (χ4n) is 1.40. The van der Waals surface area contributed by atoms with Crippen LogP contribution in [0.5, 0.6) is 0 Å². The number of hydrogen-bond acceptors (Lipinski definition) is 3. The van der Waals surface area contributed by atoms with Crippen molar-refractivity contribution >= 4 is 37.5 Å². The van der Waals surface area contributed by atoms with E-state index in [9.17, 15) is 13.2 Å². The molecule has 0 heterocycles. The van der Waals surface area contributed by atoms with Gasteiger partial charge in [-0.15, -0.1) is 0 Å². The monoisotopic (exact) mass is 332 g/mol. The van der Waals surface area contributed by atoms with Gasteiger partial charge in [-0.2, -0.15) is 0 Å². The van der Waals surface area contributed by atoms with Crippen LogP contribution >= 0.6 is 15.9 Å². The molecule has 98 valence electrons. The number of hydrogen-bond donors (Lipinski definition) is 2. The molecular weight excluding hydrogens is 320 g/mol. The van der Waals surface area contributed by atoms with E-state index in [1.54, 1.807) is 12.1 Å². The second-order valence-corrected chi connectivity index (χ2v) is 6.38. The number of anilines is 1. The summed E-state index contributed by atoms with van der Waals surface area (Å²) in [6, 6.07) is 6.19. The van der Waals surface area contributed by atoms with Crippen LogP contribution < -0.4 is 10.0 Å². The normalized spacial score (nSPS) is 15.4. The van der Waals surface area contributed by atoms with Gasteiger partial charge in [0.1, 0.15) is 0 Å². The molecule has 1 aliphatic rings. The Morgan fingerprint density at radius 1 is 1.28 bits per heavy atom. The number of sulfonamides is 1. The second kappa shape index (κ2) is 5.38. The van der Waals surface area contributed by atoms with Crippen molar-refractivity contribution in [1.82, 2.24) is 4.72 Å². The molecule has 2 rings (SSSR count). The molecule has 7 heteroatoms. The van der Waals surface area contributed by atoms with E-state index < -0.39 is 10.0 Å². The number of rotatable bonds is 5. The molecule has 1 aromatic carbocycles. The maximum Gasteiger partial charge on any atom is 0.240 e. The van der Waals surface area contributed by atoms with Crippen molar-refractivity contribution in [2.24, 2.45) is 0 Å². The highest BCUT2D eigenvalue weighted by Gasteiger charge is 2.27. The van der Waals surface area contributed by atoms with E-state index in [0.29, 0.717) is 5.69 Å². The summed E-state index contributed by atoms with van der Waals surface area (Å²) in [6.07, 6.45) is 1.80. The lowest BCUT2D eigenvalue weighted by Crippen LogP contribution is -2.25. The zero-order chi connectivity index (χ0) is 13.2. The number of carbonyl (C=O) groups excluding carboxylic acids is 1. The molecule has 0 aliphatic heterocycles. The first kappa shape index (κ1) is 13.5. The molecule has 1 saturated carbocycles. The number of benzene rings is 1. The molecule has 0 bridgehead atoms. The van der Waals surface area contributed by atoms with Crippen molar-refractivity contribution in [2.45, 2.75) is 23.8 Å². The van der Waals surface area contributed by atoms with E-state index in [0.717, 1.165) is 12.8 Å². The zero-order valence-corrected chi connectivity index (χ0v) is 11.9. The molecule has 18 heavy (non-hydrogen) atoms. The van der Waals surface area contributed by atoms with Crippen LogP contribution in [0.15, 0.2) is 29.2 Å². The molecule has 5 nitrogen and oxygen atoms in total. The highest BCUT2D eigenvalue weighted by molar-refractivity contribution is 9.09. The van der Waals surface area contributed by atoms with Crippen LogP contribution in [0.3, 0.4) is 0 Å². The third-order valence-corrected chi connectivity index (χ3v) is 4.51. The minimum absolute atomic E-state index is 0.0859. The summed E-state index contributed by atoms with van der Waals surface area (Å²) < 4.78 is 26.3. The summed E-state index contributed by atoms with van der Waals surface area (Å²) in [4.78, 5) is 11.3. The van der Waals surface area contributed by atoms with E-state index in [4.69, 9.17) is 0 Å². The second-order valence-electron chi connectivity index (χ2n) is 4.10. The van der Waals surface area contributed by atoms with E-state index >= 15 is 0 Å². The summed E-state index contributed by atoms with van der Waals surface area (Å²) in [7, 11) is -3.42. The van der Waals surface area contributed by atoms with Gasteiger partial charge in [0.05, 0.1) is 10.2 Å². The number of halogens is 1. The van der Waals surface area contributed by atoms with Gasteiger partial charge in [-0.1, -0.05) is 15.9 Å². The average Bonchev–Trinajstić information content (AvgIpc) is 3.13. The standard InChI is InChI=1S/C11H13BrN2O3S/c12-7-11(15)13-8-3-5-10(6-4-8)18(16,17)14-9-1-2-9/h3-6,9,14H,1-2,7H2,(H,13,15). The Balaban J connectivity index is 2.08. The summed E-state index contributed by atoms with van der Waals surface area (Å²) in [5.74, 6) is -0.179. The number of alkyl halides is 1. The van der Waals surface area contributed by atoms with Crippen molar-refractivity contribution in [1.29, 1.82) is 0 Å². The molecule has 0 saturated heterocycles. The van der Waals surface area contributed by atoms with Gasteiger partial charge in [0.2, 0.25) is 15.9 Å². The Kier molecular flexibility index (Phi) is 4.04. The topological polar surface area (TPSA) is 75.3 Å². The molecule has 1 fully saturated rings. The first-order valence-corrected chi connectivity index (χ1v) is 8.10. The minimum Gasteiger partial charge on any atom is -0.325 e. The van der Waals surface area contributed by atoms with Crippen molar-refractivity contribution in [3.8, 4) is 0 Å². The summed E-state index contributed by atoms with van der Waals surface area (Å²) in [5, 5.41) is 2.83. The lowest BCUT2D eigenvalue weighted by atomic mass is 10.3. The van der Waals surface area contributed by atoms with Gasteiger partial charge < -0.3 is 5.32 Å². The molecular formula is C11H13BrN2O3S. The van der Waals surface area contributed by atoms with E-state index in [1.165, 1.54) is 12.1 Å². The molecule has 0 aromatic heterocycles. The number of nitrogens with one attached hydrogen (secondary N) is 2. The van der Waals surface area contributed by atoms with Crippen LogP contribution in [-0.2, 0) is 14.8 Å². The summed E-state index contributed by atoms with van der Waals surface area (Å²) in [5.41, 5.74) is 0.574. The molecule has 0 spiro atoms. The first-order chi connectivity index (χ1) is 8.51. The van der Waals surface area contributed by atoms with Gasteiger partial charge in [0.15, 0.2) is 0 Å². The van der Waals surface area contributed by atoms with Gasteiger partial charge in [-0.3, -0.25) is 4.79 Å². The van der Waals surface area contributed by atoms with Crippen LogP contribution in [0.25, 0.3) is 0 Å². The smallest absolute Gasteiger partial charge is 0.240 e. The summed E-state index contributed by atoms with van der Waals surface area (Å²) in [6.45, 7) is 0. The Bertz CT molecular complexity index is 538. The lowest BCUT2D eigenvalue weighted by molar-refractivity contribution is -0.113. The molecule has 1 aliphatic carbocycles. The number of carbonyl (C=O) groups is 1. The average molecular weight is 333 g/mol. The van der Waals surface area contributed by atoms with E-state index in [2.05, 4.69) is 26.0 Å². The van der Waals surface area contributed by atoms with Gasteiger partial charge in [-0.25, -0.2) is 13.1 Å². The SMILES string of the molecule is O=C(CBr)Nc1ccc(S(=O)(=O)NC2CC2)cc1. The van der Waals surface area contributed by atoms with Crippen molar-refractivity contribution in [3.63, 3.8) is 0 Å². The largest absolute Gasteiger partial charge is 0.325 e. The maximum absolute atomic E-state index is 11.9. The number of amides is 1. The highest BCUT2D eigenvalue weighted by atomic mass is 79.9. The Morgan fingerprint density at radius 2 is 1.89 bits per heavy atom. The first-order valence-electron chi connectivity index (χ1n) is 5.49. The van der Waals surface area contributed by atoms with Crippen molar-refractivity contribution in [3.05, 3.63) is 24.3 Å². The van der Waals surface area contributed by atoms with Crippen LogP contribution in [-0.4, -0.2) is 25.7 Å². The van der Waals surface area contributed by atoms with Gasteiger partial charge in [0.25, 0.3) is 0 Å². The summed E-state index contributed by atoms with van der Waals surface area (Å²) >= 11 is 3.03.